The molecule has 0 radical (unpaired) electrons. The molecule has 3 aliphatic rings. The van der Waals surface area contributed by atoms with Gasteiger partial charge in [-0.15, -0.1) is 0 Å². The molecule has 2 saturated carbocycles. The Labute approximate surface area is 235 Å². The highest BCUT2D eigenvalue weighted by Gasteiger charge is 2.50. The molecule has 1 aromatic carbocycles. The van der Waals surface area contributed by atoms with Crippen molar-refractivity contribution in [2.45, 2.75) is 68.7 Å². The SMILES string of the molecule is O=C(N[C@H]1CCN([C@H]2CCCC[C@H]2O)C[C@@H]1C(=O)NC1(c2ncccn2)CC1)c1cc(-c2ccc(F)cc2F)on1. The van der Waals surface area contributed by atoms with Gasteiger partial charge in [0.15, 0.2) is 17.3 Å². The van der Waals surface area contributed by atoms with E-state index in [4.69, 9.17) is 4.52 Å². The van der Waals surface area contributed by atoms with Crippen molar-refractivity contribution in [3.8, 4) is 11.3 Å². The molecule has 2 aromatic heterocycles. The van der Waals surface area contributed by atoms with Crippen LogP contribution in [0.1, 0.15) is 61.3 Å². The Morgan fingerprint density at radius 1 is 1.07 bits per heavy atom. The third-order valence-corrected chi connectivity index (χ3v) is 8.51. The summed E-state index contributed by atoms with van der Waals surface area (Å²) in [6.07, 6.45) is 8.36. The maximum absolute atomic E-state index is 14.2. The lowest BCUT2D eigenvalue weighted by Crippen LogP contribution is -2.60. The molecule has 216 valence electrons. The number of aromatic nitrogens is 3. The zero-order valence-corrected chi connectivity index (χ0v) is 22.4. The minimum absolute atomic E-state index is 0.0124. The van der Waals surface area contributed by atoms with Gasteiger partial charge in [0.1, 0.15) is 11.6 Å². The van der Waals surface area contributed by atoms with Gasteiger partial charge in [0.25, 0.3) is 5.91 Å². The summed E-state index contributed by atoms with van der Waals surface area (Å²) >= 11 is 0. The van der Waals surface area contributed by atoms with E-state index in [9.17, 15) is 23.5 Å². The zero-order chi connectivity index (χ0) is 28.6. The van der Waals surface area contributed by atoms with Crippen molar-refractivity contribution < 1.29 is 28.0 Å². The number of benzene rings is 1. The van der Waals surface area contributed by atoms with Crippen molar-refractivity contribution in [1.82, 2.24) is 30.7 Å². The van der Waals surface area contributed by atoms with Crippen LogP contribution >= 0.6 is 0 Å². The molecule has 41 heavy (non-hydrogen) atoms. The number of hydrogen-bond acceptors (Lipinski definition) is 8. The molecule has 1 aliphatic heterocycles. The van der Waals surface area contributed by atoms with Gasteiger partial charge < -0.3 is 20.3 Å². The van der Waals surface area contributed by atoms with E-state index in [2.05, 4.69) is 30.7 Å². The summed E-state index contributed by atoms with van der Waals surface area (Å²) < 4.78 is 32.7. The van der Waals surface area contributed by atoms with E-state index < -0.39 is 41.1 Å². The lowest BCUT2D eigenvalue weighted by atomic mass is 9.85. The molecule has 3 heterocycles. The number of aliphatic hydroxyl groups excluding tert-OH is 1. The van der Waals surface area contributed by atoms with Gasteiger partial charge in [-0.25, -0.2) is 18.7 Å². The van der Waals surface area contributed by atoms with Crippen LogP contribution in [0, 0.1) is 17.6 Å². The van der Waals surface area contributed by atoms with Crippen LogP contribution < -0.4 is 10.6 Å². The van der Waals surface area contributed by atoms with Gasteiger partial charge in [0, 0.05) is 49.7 Å². The minimum atomic E-state index is -0.835. The molecule has 3 fully saturated rings. The summed E-state index contributed by atoms with van der Waals surface area (Å²) in [5.41, 5.74) is -0.725. The molecule has 3 N–H and O–H groups in total. The fourth-order valence-electron chi connectivity index (χ4n) is 6.08. The van der Waals surface area contributed by atoms with Crippen molar-refractivity contribution in [3.63, 3.8) is 0 Å². The van der Waals surface area contributed by atoms with E-state index in [1.165, 1.54) is 12.1 Å². The van der Waals surface area contributed by atoms with Crippen LogP contribution in [0.5, 0.6) is 0 Å². The van der Waals surface area contributed by atoms with Crippen molar-refractivity contribution in [2.24, 2.45) is 5.92 Å². The fraction of sp³-hybridized carbons (Fsp3) is 0.483. The maximum atomic E-state index is 14.2. The molecular formula is C29H32F2N6O4. The summed E-state index contributed by atoms with van der Waals surface area (Å²) in [7, 11) is 0. The van der Waals surface area contributed by atoms with Gasteiger partial charge in [-0.2, -0.15) is 0 Å². The van der Waals surface area contributed by atoms with E-state index in [0.717, 1.165) is 50.7 Å². The highest BCUT2D eigenvalue weighted by atomic mass is 19.1. The third-order valence-electron chi connectivity index (χ3n) is 8.51. The number of rotatable bonds is 7. The Balaban J connectivity index is 1.20. The smallest absolute Gasteiger partial charge is 0.273 e. The summed E-state index contributed by atoms with van der Waals surface area (Å²) in [4.78, 5) is 37.9. The second-order valence-corrected chi connectivity index (χ2v) is 11.2. The first-order valence-corrected chi connectivity index (χ1v) is 14.1. The van der Waals surface area contributed by atoms with Gasteiger partial charge in [-0.05, 0) is 50.3 Å². The summed E-state index contributed by atoms with van der Waals surface area (Å²) in [6.45, 7) is 0.976. The number of piperidine rings is 1. The number of nitrogens with one attached hydrogen (secondary N) is 2. The Morgan fingerprint density at radius 3 is 2.59 bits per heavy atom. The average molecular weight is 567 g/mol. The van der Waals surface area contributed by atoms with Crippen LogP contribution in [0.3, 0.4) is 0 Å². The summed E-state index contributed by atoms with van der Waals surface area (Å²) in [6, 6.07) is 5.49. The second-order valence-electron chi connectivity index (χ2n) is 11.2. The number of aliphatic hydroxyl groups is 1. The molecule has 4 atom stereocenters. The highest BCUT2D eigenvalue weighted by molar-refractivity contribution is 5.94. The van der Waals surface area contributed by atoms with Crippen LogP contribution in [0.15, 0.2) is 47.2 Å². The van der Waals surface area contributed by atoms with Gasteiger partial charge >= 0.3 is 0 Å². The molecule has 6 rings (SSSR count). The van der Waals surface area contributed by atoms with E-state index in [0.29, 0.717) is 25.3 Å². The monoisotopic (exact) mass is 566 g/mol. The van der Waals surface area contributed by atoms with Crippen LogP contribution in [0.4, 0.5) is 8.78 Å². The molecule has 3 aromatic rings. The van der Waals surface area contributed by atoms with E-state index in [-0.39, 0.29) is 29.0 Å². The predicted octanol–water partition coefficient (Wildman–Crippen LogP) is 2.94. The molecule has 0 spiro atoms. The van der Waals surface area contributed by atoms with Gasteiger partial charge in [-0.3, -0.25) is 14.5 Å². The lowest BCUT2D eigenvalue weighted by Gasteiger charge is -2.44. The lowest BCUT2D eigenvalue weighted by molar-refractivity contribution is -0.130. The molecule has 12 heteroatoms. The van der Waals surface area contributed by atoms with Gasteiger partial charge in [0.2, 0.25) is 5.91 Å². The Bertz CT molecular complexity index is 1420. The number of nitrogens with zero attached hydrogens (tertiary/aromatic N) is 4. The van der Waals surface area contributed by atoms with Crippen molar-refractivity contribution in [1.29, 1.82) is 0 Å². The minimum Gasteiger partial charge on any atom is -0.391 e. The number of likely N-dealkylation sites (tertiary alicyclic amines) is 1. The largest absolute Gasteiger partial charge is 0.391 e. The molecule has 2 amide bonds. The number of carbonyl (C=O) groups excluding carboxylic acids is 2. The third kappa shape index (κ3) is 5.71. The summed E-state index contributed by atoms with van der Waals surface area (Å²) in [5.74, 6) is -2.41. The first-order chi connectivity index (χ1) is 19.8. The highest BCUT2D eigenvalue weighted by Crippen LogP contribution is 2.44. The van der Waals surface area contributed by atoms with Crippen LogP contribution in [0.2, 0.25) is 0 Å². The first-order valence-electron chi connectivity index (χ1n) is 14.1. The number of hydrogen-bond donors (Lipinski definition) is 3. The molecular weight excluding hydrogens is 534 g/mol. The zero-order valence-electron chi connectivity index (χ0n) is 22.4. The Hall–Kier alpha value is -3.77. The first kappa shape index (κ1) is 27.4. The van der Waals surface area contributed by atoms with Gasteiger partial charge in [-0.1, -0.05) is 18.0 Å². The van der Waals surface area contributed by atoms with E-state index in [1.54, 1.807) is 18.5 Å². The molecule has 0 bridgehead atoms. The fourth-order valence-corrected chi connectivity index (χ4v) is 6.08. The normalized spacial score (nSPS) is 25.8. The maximum Gasteiger partial charge on any atom is 0.273 e. The molecule has 1 saturated heterocycles. The summed E-state index contributed by atoms with van der Waals surface area (Å²) in [5, 5.41) is 20.6. The number of carbonyl (C=O) groups is 2. The van der Waals surface area contributed by atoms with Crippen molar-refractivity contribution in [2.75, 3.05) is 13.1 Å². The average Bonchev–Trinajstić information content (AvgIpc) is 3.59. The van der Waals surface area contributed by atoms with Crippen LogP contribution in [0.25, 0.3) is 11.3 Å². The van der Waals surface area contributed by atoms with Crippen molar-refractivity contribution >= 4 is 11.8 Å². The Morgan fingerprint density at radius 2 is 1.85 bits per heavy atom. The Kier molecular flexibility index (Phi) is 7.52. The quantitative estimate of drug-likeness (QED) is 0.398. The molecule has 2 aliphatic carbocycles. The van der Waals surface area contributed by atoms with Crippen LogP contribution in [-0.4, -0.2) is 68.2 Å². The standard InChI is InChI=1S/C29H32F2N6O4/c30-17-6-7-18(20(31)14-17)25-15-22(36-41-25)27(40)34-21-8-13-37(23-4-1-2-5-24(23)38)16-19(21)26(39)35-29(9-10-29)28-32-11-3-12-33-28/h3,6-7,11-12,14-15,19,21,23-24,38H,1-2,4-5,8-10,13,16H2,(H,34,40)(H,35,39)/t19-,21-,23-,24+/m0/s1. The number of halogens is 2. The van der Waals surface area contributed by atoms with E-state index >= 15 is 0 Å². The second kappa shape index (κ2) is 11.2. The van der Waals surface area contributed by atoms with Crippen molar-refractivity contribution in [3.05, 3.63) is 65.9 Å². The number of amides is 2. The molecule has 0 unspecified atom stereocenters. The topological polar surface area (TPSA) is 133 Å². The predicted molar refractivity (Wildman–Crippen MR) is 142 cm³/mol. The molecule has 10 nitrogen and oxygen atoms in total. The van der Waals surface area contributed by atoms with Crippen LogP contribution in [-0.2, 0) is 10.3 Å². The van der Waals surface area contributed by atoms with Gasteiger partial charge in [0.05, 0.1) is 23.1 Å². The van der Waals surface area contributed by atoms with E-state index in [1.807, 2.05) is 0 Å².